The van der Waals surface area contributed by atoms with Gasteiger partial charge in [-0.05, 0) is 31.0 Å². The molecule has 6 N–H and O–H groups in total. The van der Waals surface area contributed by atoms with E-state index in [-0.39, 0.29) is 5.95 Å². The highest BCUT2D eigenvalue weighted by Crippen LogP contribution is 2.24. The molecule has 2 heterocycles. The first-order valence-electron chi connectivity index (χ1n) is 6.75. The van der Waals surface area contributed by atoms with E-state index in [9.17, 15) is 0 Å². The Morgan fingerprint density at radius 1 is 1.19 bits per heavy atom. The van der Waals surface area contributed by atoms with Gasteiger partial charge in [0.2, 0.25) is 5.95 Å². The van der Waals surface area contributed by atoms with Crippen molar-refractivity contribution in [1.29, 1.82) is 0 Å². The minimum absolute atomic E-state index is 0.177. The largest absolute Gasteiger partial charge is 0.383 e. The third-order valence-electron chi connectivity index (χ3n) is 3.73. The van der Waals surface area contributed by atoms with Gasteiger partial charge in [0.15, 0.2) is 0 Å². The number of benzene rings is 1. The van der Waals surface area contributed by atoms with Crippen LogP contribution in [0, 0.1) is 13.8 Å². The second kappa shape index (κ2) is 4.97. The molecule has 0 aliphatic carbocycles. The Morgan fingerprint density at radius 2 is 2.00 bits per heavy atom. The summed E-state index contributed by atoms with van der Waals surface area (Å²) in [5, 5.41) is 4.25. The summed E-state index contributed by atoms with van der Waals surface area (Å²) < 4.78 is 0. The summed E-state index contributed by atoms with van der Waals surface area (Å²) in [4.78, 5) is 11.2. The highest BCUT2D eigenvalue weighted by Gasteiger charge is 2.11. The Hall–Kier alpha value is -2.76. The smallest absolute Gasteiger partial charge is 0.223 e. The molecule has 0 spiro atoms. The van der Waals surface area contributed by atoms with E-state index in [0.717, 1.165) is 16.6 Å². The van der Waals surface area contributed by atoms with Gasteiger partial charge < -0.3 is 21.8 Å². The van der Waals surface area contributed by atoms with Gasteiger partial charge in [0.1, 0.15) is 11.5 Å². The molecule has 6 nitrogen and oxygen atoms in total. The second-order valence-corrected chi connectivity index (χ2v) is 5.11. The maximum Gasteiger partial charge on any atom is 0.223 e. The molecule has 21 heavy (non-hydrogen) atoms. The summed E-state index contributed by atoms with van der Waals surface area (Å²) in [6, 6.07) is 6.20. The maximum absolute atomic E-state index is 5.95. The Labute approximate surface area is 122 Å². The van der Waals surface area contributed by atoms with Gasteiger partial charge in [-0.25, -0.2) is 0 Å². The molecule has 1 aromatic carbocycles. The summed E-state index contributed by atoms with van der Waals surface area (Å²) in [5.74, 6) is 0.576. The van der Waals surface area contributed by atoms with Crippen LogP contribution in [0.5, 0.6) is 0 Å². The van der Waals surface area contributed by atoms with E-state index in [4.69, 9.17) is 11.5 Å². The minimum atomic E-state index is 0.177. The van der Waals surface area contributed by atoms with Crippen LogP contribution in [-0.2, 0) is 6.54 Å². The average Bonchev–Trinajstić information content (AvgIpc) is 2.83. The van der Waals surface area contributed by atoms with Crippen molar-refractivity contribution in [3.8, 4) is 0 Å². The molecule has 108 valence electrons. The van der Waals surface area contributed by atoms with Crippen molar-refractivity contribution in [2.24, 2.45) is 0 Å². The van der Waals surface area contributed by atoms with Gasteiger partial charge in [0.25, 0.3) is 0 Å². The molecule has 0 saturated carbocycles. The van der Waals surface area contributed by atoms with Gasteiger partial charge in [-0.2, -0.15) is 9.97 Å². The zero-order valence-electron chi connectivity index (χ0n) is 12.1. The number of aromatic nitrogens is 3. The van der Waals surface area contributed by atoms with Crippen LogP contribution in [0.4, 0.5) is 17.5 Å². The maximum atomic E-state index is 5.95. The third kappa shape index (κ3) is 2.35. The number of H-pyrrole nitrogens is 1. The van der Waals surface area contributed by atoms with Crippen molar-refractivity contribution >= 4 is 28.5 Å². The van der Waals surface area contributed by atoms with E-state index in [2.05, 4.69) is 46.2 Å². The van der Waals surface area contributed by atoms with Gasteiger partial charge in [0.05, 0.1) is 5.39 Å². The van der Waals surface area contributed by atoms with Crippen LogP contribution >= 0.6 is 0 Å². The number of nitrogens with two attached hydrogens (primary N) is 2. The lowest BCUT2D eigenvalue weighted by atomic mass is 10.1. The first kappa shape index (κ1) is 13.2. The molecule has 0 saturated heterocycles. The minimum Gasteiger partial charge on any atom is -0.383 e. The fourth-order valence-corrected chi connectivity index (χ4v) is 2.42. The Morgan fingerprint density at radius 3 is 2.81 bits per heavy atom. The number of aryl methyl sites for hydroxylation is 1. The molecule has 0 aliphatic heterocycles. The predicted octanol–water partition coefficient (Wildman–Crippen LogP) is 2.35. The lowest BCUT2D eigenvalue weighted by molar-refractivity contribution is 1.14. The van der Waals surface area contributed by atoms with E-state index in [0.29, 0.717) is 18.0 Å². The number of nitrogen functional groups attached to an aromatic ring is 2. The molecule has 0 bridgehead atoms. The molecule has 0 radical (unpaired) electrons. The van der Waals surface area contributed by atoms with E-state index < -0.39 is 0 Å². The van der Waals surface area contributed by atoms with Crippen LogP contribution in [0.25, 0.3) is 11.0 Å². The standard InChI is InChI=1S/C15H18N6/c1-8-4-3-5-11(9(8)2)18-6-10-7-19-14-12(10)13(16)20-15(17)21-14/h3-5,7,18H,6H2,1-2H3,(H5,16,17,19,20,21). The molecule has 0 atom stereocenters. The van der Waals surface area contributed by atoms with Crippen molar-refractivity contribution in [3.05, 3.63) is 41.1 Å². The van der Waals surface area contributed by atoms with Crippen molar-refractivity contribution in [2.75, 3.05) is 16.8 Å². The van der Waals surface area contributed by atoms with Crippen LogP contribution in [0.15, 0.2) is 24.4 Å². The zero-order chi connectivity index (χ0) is 15.0. The third-order valence-corrected chi connectivity index (χ3v) is 3.73. The molecule has 3 aromatic rings. The normalized spacial score (nSPS) is 11.0. The second-order valence-electron chi connectivity index (χ2n) is 5.11. The topological polar surface area (TPSA) is 106 Å². The van der Waals surface area contributed by atoms with Gasteiger partial charge >= 0.3 is 0 Å². The molecule has 3 rings (SSSR count). The SMILES string of the molecule is Cc1cccc(NCc2c[nH]c3nc(N)nc(N)c23)c1C. The molecular weight excluding hydrogens is 264 g/mol. The van der Waals surface area contributed by atoms with Crippen molar-refractivity contribution in [1.82, 2.24) is 15.0 Å². The van der Waals surface area contributed by atoms with E-state index >= 15 is 0 Å². The monoisotopic (exact) mass is 282 g/mol. The van der Waals surface area contributed by atoms with Gasteiger partial charge in [-0.15, -0.1) is 0 Å². The number of anilines is 3. The first-order chi connectivity index (χ1) is 10.1. The van der Waals surface area contributed by atoms with Crippen molar-refractivity contribution in [3.63, 3.8) is 0 Å². The molecular formula is C15H18N6. The highest BCUT2D eigenvalue weighted by atomic mass is 15.1. The number of nitrogens with zero attached hydrogens (tertiary/aromatic N) is 2. The summed E-state index contributed by atoms with van der Waals surface area (Å²) in [5.41, 5.74) is 16.8. The van der Waals surface area contributed by atoms with Crippen LogP contribution in [0.3, 0.4) is 0 Å². The van der Waals surface area contributed by atoms with Gasteiger partial charge in [0, 0.05) is 24.0 Å². The fourth-order valence-electron chi connectivity index (χ4n) is 2.42. The number of rotatable bonds is 3. The van der Waals surface area contributed by atoms with Gasteiger partial charge in [-0.1, -0.05) is 12.1 Å². The first-order valence-corrected chi connectivity index (χ1v) is 6.75. The summed E-state index contributed by atoms with van der Waals surface area (Å²) >= 11 is 0. The number of hydrogen-bond donors (Lipinski definition) is 4. The average molecular weight is 282 g/mol. The van der Waals surface area contributed by atoms with Crippen LogP contribution in [-0.4, -0.2) is 15.0 Å². The van der Waals surface area contributed by atoms with E-state index in [1.54, 1.807) is 0 Å². The zero-order valence-corrected chi connectivity index (χ0v) is 12.1. The Kier molecular flexibility index (Phi) is 3.13. The van der Waals surface area contributed by atoms with Crippen LogP contribution < -0.4 is 16.8 Å². The van der Waals surface area contributed by atoms with Crippen molar-refractivity contribution < 1.29 is 0 Å². The predicted molar refractivity (Wildman–Crippen MR) is 86.0 cm³/mol. The molecule has 0 fully saturated rings. The molecule has 0 amide bonds. The molecule has 0 unspecified atom stereocenters. The highest BCUT2D eigenvalue weighted by molar-refractivity contribution is 5.90. The lowest BCUT2D eigenvalue weighted by Gasteiger charge is -2.11. The molecule has 0 aliphatic rings. The summed E-state index contributed by atoms with van der Waals surface area (Å²) in [6.07, 6.45) is 1.88. The Bertz CT molecular complexity index is 805. The Balaban J connectivity index is 1.91. The number of aromatic amines is 1. The van der Waals surface area contributed by atoms with E-state index in [1.807, 2.05) is 12.3 Å². The van der Waals surface area contributed by atoms with Crippen molar-refractivity contribution in [2.45, 2.75) is 20.4 Å². The quantitative estimate of drug-likeness (QED) is 0.590. The van der Waals surface area contributed by atoms with Crippen LogP contribution in [0.2, 0.25) is 0 Å². The number of fused-ring (bicyclic) bond motifs is 1. The lowest BCUT2D eigenvalue weighted by Crippen LogP contribution is -2.04. The molecule has 6 heteroatoms. The fraction of sp³-hybridized carbons (Fsp3) is 0.200. The summed E-state index contributed by atoms with van der Waals surface area (Å²) in [7, 11) is 0. The summed E-state index contributed by atoms with van der Waals surface area (Å²) in [6.45, 7) is 4.84. The number of nitrogens with one attached hydrogen (secondary N) is 2. The molecule has 2 aromatic heterocycles. The van der Waals surface area contributed by atoms with Crippen LogP contribution in [0.1, 0.15) is 16.7 Å². The van der Waals surface area contributed by atoms with E-state index in [1.165, 1.54) is 11.1 Å². The van der Waals surface area contributed by atoms with Gasteiger partial charge in [-0.3, -0.25) is 0 Å². The number of hydrogen-bond acceptors (Lipinski definition) is 5.